The Morgan fingerprint density at radius 1 is 1.00 bits per heavy atom. The number of nitrogens with zero attached hydrogens (tertiary/aromatic N) is 2. The van der Waals surface area contributed by atoms with E-state index in [9.17, 15) is 8.42 Å². The molecular weight excluding hydrogens is 354 g/mol. The number of aromatic nitrogens is 2. The van der Waals surface area contributed by atoms with Gasteiger partial charge in [0.15, 0.2) is 0 Å². The Labute approximate surface area is 143 Å². The van der Waals surface area contributed by atoms with Crippen LogP contribution in [0.5, 0.6) is 0 Å². The average Bonchev–Trinajstić information content (AvgIpc) is 2.95. The molecular formula is C15H12ClN3O2S2. The summed E-state index contributed by atoms with van der Waals surface area (Å²) >= 11 is 6.98. The lowest BCUT2D eigenvalue weighted by Crippen LogP contribution is -2.12. The van der Waals surface area contributed by atoms with Crippen molar-refractivity contribution in [3.63, 3.8) is 0 Å². The van der Waals surface area contributed by atoms with Gasteiger partial charge in [-0.05, 0) is 29.8 Å². The molecule has 1 aromatic heterocycles. The second-order valence-electron chi connectivity index (χ2n) is 4.72. The van der Waals surface area contributed by atoms with Crippen molar-refractivity contribution in [2.45, 2.75) is 11.3 Å². The fraction of sp³-hybridized carbons (Fsp3) is 0.0667. The molecule has 0 saturated heterocycles. The van der Waals surface area contributed by atoms with Crippen molar-refractivity contribution in [3.05, 3.63) is 70.2 Å². The molecule has 23 heavy (non-hydrogen) atoms. The zero-order chi connectivity index (χ0) is 16.3. The topological polar surface area (TPSA) is 72.0 Å². The third-order valence-electron chi connectivity index (χ3n) is 3.01. The van der Waals surface area contributed by atoms with Gasteiger partial charge in [-0.1, -0.05) is 53.3 Å². The fourth-order valence-electron chi connectivity index (χ4n) is 1.92. The molecule has 0 fully saturated rings. The highest BCUT2D eigenvalue weighted by Gasteiger charge is 2.16. The molecule has 5 nitrogen and oxygen atoms in total. The summed E-state index contributed by atoms with van der Waals surface area (Å²) in [6.07, 6.45) is 0.612. The minimum absolute atomic E-state index is 0.127. The average molecular weight is 366 g/mol. The Bertz CT molecular complexity index is 894. The van der Waals surface area contributed by atoms with Crippen molar-refractivity contribution in [3.8, 4) is 0 Å². The van der Waals surface area contributed by atoms with E-state index in [0.29, 0.717) is 11.4 Å². The van der Waals surface area contributed by atoms with Gasteiger partial charge in [0, 0.05) is 11.4 Å². The van der Waals surface area contributed by atoms with Crippen LogP contribution in [-0.2, 0) is 16.4 Å². The molecule has 0 amide bonds. The molecule has 8 heteroatoms. The second-order valence-corrected chi connectivity index (χ2v) is 7.90. The van der Waals surface area contributed by atoms with Crippen LogP contribution in [0.2, 0.25) is 5.02 Å². The Morgan fingerprint density at radius 2 is 1.70 bits per heavy atom. The first-order valence-electron chi connectivity index (χ1n) is 6.68. The van der Waals surface area contributed by atoms with Crippen LogP contribution in [0, 0.1) is 0 Å². The van der Waals surface area contributed by atoms with E-state index in [1.807, 2.05) is 30.3 Å². The molecule has 0 bridgehead atoms. The smallest absolute Gasteiger partial charge is 0.253 e. The lowest BCUT2D eigenvalue weighted by Gasteiger charge is -2.04. The number of rotatable bonds is 5. The maximum absolute atomic E-state index is 12.3. The summed E-state index contributed by atoms with van der Waals surface area (Å²) in [7, 11) is -3.69. The molecule has 2 aromatic carbocycles. The van der Waals surface area contributed by atoms with E-state index < -0.39 is 10.0 Å². The van der Waals surface area contributed by atoms with Crippen LogP contribution in [0.1, 0.15) is 10.6 Å². The van der Waals surface area contributed by atoms with Crippen molar-refractivity contribution in [2.24, 2.45) is 0 Å². The molecule has 0 radical (unpaired) electrons. The number of sulfonamides is 1. The van der Waals surface area contributed by atoms with Crippen molar-refractivity contribution >= 4 is 38.1 Å². The van der Waals surface area contributed by atoms with E-state index in [0.717, 1.165) is 10.6 Å². The monoisotopic (exact) mass is 365 g/mol. The minimum atomic E-state index is -3.69. The lowest BCUT2D eigenvalue weighted by atomic mass is 10.2. The number of hydrogen-bond donors (Lipinski definition) is 1. The summed E-state index contributed by atoms with van der Waals surface area (Å²) in [4.78, 5) is 0.127. The maximum Gasteiger partial charge on any atom is 0.263 e. The summed E-state index contributed by atoms with van der Waals surface area (Å²) in [5, 5.41) is 9.38. The van der Waals surface area contributed by atoms with Crippen molar-refractivity contribution in [1.29, 1.82) is 0 Å². The first-order valence-corrected chi connectivity index (χ1v) is 9.35. The Hall–Kier alpha value is -1.96. The summed E-state index contributed by atoms with van der Waals surface area (Å²) in [5.74, 6) is 0. The lowest BCUT2D eigenvalue weighted by molar-refractivity contribution is 0.601. The van der Waals surface area contributed by atoms with Gasteiger partial charge >= 0.3 is 0 Å². The maximum atomic E-state index is 12.3. The molecule has 118 valence electrons. The highest BCUT2D eigenvalue weighted by molar-refractivity contribution is 7.93. The van der Waals surface area contributed by atoms with Crippen molar-refractivity contribution in [2.75, 3.05) is 4.72 Å². The van der Waals surface area contributed by atoms with E-state index in [-0.39, 0.29) is 10.0 Å². The predicted molar refractivity (Wildman–Crippen MR) is 91.4 cm³/mol. The van der Waals surface area contributed by atoms with Crippen LogP contribution in [0.15, 0.2) is 59.5 Å². The van der Waals surface area contributed by atoms with E-state index in [1.165, 1.54) is 35.6 Å². The van der Waals surface area contributed by atoms with Crippen molar-refractivity contribution < 1.29 is 8.42 Å². The third kappa shape index (κ3) is 4.07. The van der Waals surface area contributed by atoms with Gasteiger partial charge in [0.2, 0.25) is 5.13 Å². The van der Waals surface area contributed by atoms with Crippen LogP contribution < -0.4 is 4.72 Å². The van der Waals surface area contributed by atoms with E-state index in [4.69, 9.17) is 11.6 Å². The van der Waals surface area contributed by atoms with Crippen molar-refractivity contribution in [1.82, 2.24) is 10.2 Å². The van der Waals surface area contributed by atoms with E-state index in [2.05, 4.69) is 14.9 Å². The number of anilines is 1. The number of hydrogen-bond acceptors (Lipinski definition) is 5. The number of nitrogens with one attached hydrogen (secondary N) is 1. The van der Waals surface area contributed by atoms with E-state index in [1.54, 1.807) is 0 Å². The largest absolute Gasteiger partial charge is 0.263 e. The molecule has 0 saturated carbocycles. The third-order valence-corrected chi connectivity index (χ3v) is 5.59. The molecule has 3 aromatic rings. The first kappa shape index (κ1) is 15.9. The normalized spacial score (nSPS) is 11.3. The van der Waals surface area contributed by atoms with Gasteiger partial charge in [-0.25, -0.2) is 8.42 Å². The summed E-state index contributed by atoms with van der Waals surface area (Å²) in [6, 6.07) is 15.7. The Morgan fingerprint density at radius 3 is 2.39 bits per heavy atom. The quantitative estimate of drug-likeness (QED) is 0.750. The zero-order valence-electron chi connectivity index (χ0n) is 11.8. The first-order chi connectivity index (χ1) is 11.0. The van der Waals surface area contributed by atoms with Gasteiger partial charge < -0.3 is 0 Å². The van der Waals surface area contributed by atoms with E-state index >= 15 is 0 Å². The second kappa shape index (κ2) is 6.66. The Kier molecular flexibility index (Phi) is 4.61. The summed E-state index contributed by atoms with van der Waals surface area (Å²) < 4.78 is 27.0. The van der Waals surface area contributed by atoms with Gasteiger partial charge in [0.25, 0.3) is 10.0 Å². The highest BCUT2D eigenvalue weighted by atomic mass is 35.5. The van der Waals surface area contributed by atoms with Gasteiger partial charge in [-0.3, -0.25) is 4.72 Å². The molecule has 0 aliphatic heterocycles. The van der Waals surface area contributed by atoms with Crippen LogP contribution in [0.25, 0.3) is 0 Å². The summed E-state index contributed by atoms with van der Waals surface area (Å²) in [6.45, 7) is 0. The molecule has 0 atom stereocenters. The van der Waals surface area contributed by atoms with Gasteiger partial charge in [-0.2, -0.15) is 0 Å². The summed E-state index contributed by atoms with van der Waals surface area (Å²) in [5.41, 5.74) is 1.09. The minimum Gasteiger partial charge on any atom is -0.253 e. The zero-order valence-corrected chi connectivity index (χ0v) is 14.2. The standard InChI is InChI=1S/C15H12ClN3O2S2/c16-12-6-8-13(9-7-12)23(20,21)19-15-18-17-14(22-15)10-11-4-2-1-3-5-11/h1-9H,10H2,(H,18,19). The van der Waals surface area contributed by atoms with Crippen LogP contribution >= 0.6 is 22.9 Å². The van der Waals surface area contributed by atoms with Crippen LogP contribution in [0.4, 0.5) is 5.13 Å². The number of benzene rings is 2. The van der Waals surface area contributed by atoms with Crippen LogP contribution in [0.3, 0.4) is 0 Å². The number of halogens is 1. The highest BCUT2D eigenvalue weighted by Crippen LogP contribution is 2.22. The molecule has 0 spiro atoms. The molecule has 0 aliphatic carbocycles. The molecule has 0 unspecified atom stereocenters. The van der Waals surface area contributed by atoms with Crippen LogP contribution in [-0.4, -0.2) is 18.6 Å². The Balaban J connectivity index is 1.74. The predicted octanol–water partition coefficient (Wildman–Crippen LogP) is 3.58. The molecule has 3 rings (SSSR count). The van der Waals surface area contributed by atoms with Gasteiger partial charge in [0.05, 0.1) is 4.90 Å². The fourth-order valence-corrected chi connectivity index (χ4v) is 4.05. The molecule has 0 aliphatic rings. The molecule has 1 N–H and O–H groups in total. The van der Waals surface area contributed by atoms with Gasteiger partial charge in [0.1, 0.15) is 5.01 Å². The van der Waals surface area contributed by atoms with Gasteiger partial charge in [-0.15, -0.1) is 10.2 Å². The SMILES string of the molecule is O=S(=O)(Nc1nnc(Cc2ccccc2)s1)c1ccc(Cl)cc1. The molecule has 1 heterocycles.